The SMILES string of the molecule is CCNC(=NCc1cccc2ccccc12)NC(C)C.I. The molecular weight excluding hydrogens is 373 g/mol. The van der Waals surface area contributed by atoms with Gasteiger partial charge in [0, 0.05) is 12.6 Å². The number of benzene rings is 2. The van der Waals surface area contributed by atoms with Crippen molar-refractivity contribution >= 4 is 40.7 Å². The highest BCUT2D eigenvalue weighted by Gasteiger charge is 2.02. The third-order valence-corrected chi connectivity index (χ3v) is 3.06. The second kappa shape index (κ2) is 8.87. The van der Waals surface area contributed by atoms with Gasteiger partial charge in [0.15, 0.2) is 5.96 Å². The summed E-state index contributed by atoms with van der Waals surface area (Å²) < 4.78 is 0. The Bertz CT molecular complexity index is 588. The number of fused-ring (bicyclic) bond motifs is 1. The molecule has 0 heterocycles. The van der Waals surface area contributed by atoms with Crippen LogP contribution in [0.4, 0.5) is 0 Å². The van der Waals surface area contributed by atoms with E-state index in [-0.39, 0.29) is 24.0 Å². The van der Waals surface area contributed by atoms with E-state index in [2.05, 4.69) is 78.9 Å². The van der Waals surface area contributed by atoms with E-state index in [1.165, 1.54) is 16.3 Å². The molecule has 0 spiro atoms. The minimum Gasteiger partial charge on any atom is -0.357 e. The van der Waals surface area contributed by atoms with Gasteiger partial charge in [-0.15, -0.1) is 24.0 Å². The van der Waals surface area contributed by atoms with Crippen LogP contribution in [0.1, 0.15) is 26.3 Å². The smallest absolute Gasteiger partial charge is 0.191 e. The zero-order valence-corrected chi connectivity index (χ0v) is 15.2. The quantitative estimate of drug-likeness (QED) is 0.466. The summed E-state index contributed by atoms with van der Waals surface area (Å²) in [6.45, 7) is 7.86. The topological polar surface area (TPSA) is 36.4 Å². The standard InChI is InChI=1S/C17H23N3.HI/c1-4-18-17(20-13(2)3)19-12-15-10-7-9-14-8-5-6-11-16(14)15;/h5-11,13H,4,12H2,1-3H3,(H2,18,19,20);1H. The molecule has 0 amide bonds. The lowest BCUT2D eigenvalue weighted by molar-refractivity contribution is 0.701. The maximum absolute atomic E-state index is 4.67. The van der Waals surface area contributed by atoms with Crippen molar-refractivity contribution in [3.05, 3.63) is 48.0 Å². The molecule has 0 unspecified atom stereocenters. The zero-order valence-electron chi connectivity index (χ0n) is 12.9. The Balaban J connectivity index is 0.00000220. The summed E-state index contributed by atoms with van der Waals surface area (Å²) in [6, 6.07) is 15.2. The highest BCUT2D eigenvalue weighted by molar-refractivity contribution is 14.0. The zero-order chi connectivity index (χ0) is 14.4. The van der Waals surface area contributed by atoms with Crippen molar-refractivity contribution in [3.8, 4) is 0 Å². The Morgan fingerprint density at radius 1 is 1.10 bits per heavy atom. The van der Waals surface area contributed by atoms with Gasteiger partial charge in [-0.1, -0.05) is 42.5 Å². The second-order valence-electron chi connectivity index (χ2n) is 5.13. The number of nitrogens with zero attached hydrogens (tertiary/aromatic N) is 1. The van der Waals surface area contributed by atoms with E-state index in [4.69, 9.17) is 0 Å². The third kappa shape index (κ3) is 5.19. The molecule has 0 aliphatic carbocycles. The van der Waals surface area contributed by atoms with Gasteiger partial charge in [-0.3, -0.25) is 0 Å². The molecule has 0 saturated heterocycles. The molecule has 2 aromatic carbocycles. The summed E-state index contributed by atoms with van der Waals surface area (Å²) in [5.74, 6) is 0.871. The molecule has 0 saturated carbocycles. The Morgan fingerprint density at radius 3 is 2.52 bits per heavy atom. The number of nitrogens with one attached hydrogen (secondary N) is 2. The molecule has 114 valence electrons. The fourth-order valence-electron chi connectivity index (χ4n) is 2.19. The minimum absolute atomic E-state index is 0. The minimum atomic E-state index is 0. The lowest BCUT2D eigenvalue weighted by Gasteiger charge is -2.14. The first-order valence-corrected chi connectivity index (χ1v) is 7.22. The Labute approximate surface area is 144 Å². The van der Waals surface area contributed by atoms with Crippen LogP contribution in [-0.2, 0) is 6.54 Å². The van der Waals surface area contributed by atoms with Gasteiger partial charge in [0.2, 0.25) is 0 Å². The fourth-order valence-corrected chi connectivity index (χ4v) is 2.19. The van der Waals surface area contributed by atoms with Gasteiger partial charge < -0.3 is 10.6 Å². The fraction of sp³-hybridized carbons (Fsp3) is 0.353. The van der Waals surface area contributed by atoms with Crippen LogP contribution < -0.4 is 10.6 Å². The van der Waals surface area contributed by atoms with Crippen molar-refractivity contribution in [1.82, 2.24) is 10.6 Å². The molecule has 0 fully saturated rings. The summed E-state index contributed by atoms with van der Waals surface area (Å²) in [5.41, 5.74) is 1.25. The van der Waals surface area contributed by atoms with Crippen molar-refractivity contribution in [2.75, 3.05) is 6.54 Å². The Morgan fingerprint density at radius 2 is 1.81 bits per heavy atom. The third-order valence-electron chi connectivity index (χ3n) is 3.06. The monoisotopic (exact) mass is 397 g/mol. The number of hydrogen-bond donors (Lipinski definition) is 2. The summed E-state index contributed by atoms with van der Waals surface area (Å²) >= 11 is 0. The maximum atomic E-state index is 4.67. The molecule has 21 heavy (non-hydrogen) atoms. The molecular formula is C17H24IN3. The van der Waals surface area contributed by atoms with Gasteiger partial charge >= 0.3 is 0 Å². The van der Waals surface area contributed by atoms with Crippen LogP contribution in [0.3, 0.4) is 0 Å². The normalized spacial score (nSPS) is 11.3. The van der Waals surface area contributed by atoms with E-state index in [1.807, 2.05) is 0 Å². The summed E-state index contributed by atoms with van der Waals surface area (Å²) in [5, 5.41) is 9.15. The highest BCUT2D eigenvalue weighted by Crippen LogP contribution is 2.18. The van der Waals surface area contributed by atoms with Gasteiger partial charge in [0.05, 0.1) is 6.54 Å². The van der Waals surface area contributed by atoms with Gasteiger partial charge in [-0.2, -0.15) is 0 Å². The van der Waals surface area contributed by atoms with Gasteiger partial charge in [-0.25, -0.2) is 4.99 Å². The molecule has 0 radical (unpaired) electrons. The van der Waals surface area contributed by atoms with E-state index in [0.717, 1.165) is 12.5 Å². The molecule has 4 heteroatoms. The first-order valence-electron chi connectivity index (χ1n) is 7.22. The van der Waals surface area contributed by atoms with E-state index < -0.39 is 0 Å². The summed E-state index contributed by atoms with van der Waals surface area (Å²) in [7, 11) is 0. The van der Waals surface area contributed by atoms with Gasteiger partial charge in [0.25, 0.3) is 0 Å². The van der Waals surface area contributed by atoms with Crippen molar-refractivity contribution in [3.63, 3.8) is 0 Å². The number of rotatable bonds is 4. The lowest BCUT2D eigenvalue weighted by Crippen LogP contribution is -2.41. The number of halogens is 1. The Hall–Kier alpha value is -1.30. The van der Waals surface area contributed by atoms with E-state index in [9.17, 15) is 0 Å². The van der Waals surface area contributed by atoms with Gasteiger partial charge in [-0.05, 0) is 37.1 Å². The predicted molar refractivity (Wildman–Crippen MR) is 102 cm³/mol. The predicted octanol–water partition coefficient (Wildman–Crippen LogP) is 3.92. The average Bonchev–Trinajstić information content (AvgIpc) is 2.44. The largest absolute Gasteiger partial charge is 0.357 e. The Kier molecular flexibility index (Phi) is 7.50. The molecule has 2 rings (SSSR count). The van der Waals surface area contributed by atoms with Gasteiger partial charge in [0.1, 0.15) is 0 Å². The second-order valence-corrected chi connectivity index (χ2v) is 5.13. The molecule has 2 aromatic rings. The first kappa shape index (κ1) is 17.8. The van der Waals surface area contributed by atoms with Crippen LogP contribution in [0.25, 0.3) is 10.8 Å². The van der Waals surface area contributed by atoms with Crippen LogP contribution in [-0.4, -0.2) is 18.5 Å². The number of aliphatic imine (C=N–C) groups is 1. The van der Waals surface area contributed by atoms with Crippen LogP contribution in [0, 0.1) is 0 Å². The molecule has 0 aromatic heterocycles. The van der Waals surface area contributed by atoms with E-state index in [1.54, 1.807) is 0 Å². The van der Waals surface area contributed by atoms with Crippen molar-refractivity contribution < 1.29 is 0 Å². The molecule has 3 nitrogen and oxygen atoms in total. The highest BCUT2D eigenvalue weighted by atomic mass is 127. The molecule has 0 bridgehead atoms. The number of guanidine groups is 1. The van der Waals surface area contributed by atoms with Crippen LogP contribution >= 0.6 is 24.0 Å². The van der Waals surface area contributed by atoms with Crippen molar-refractivity contribution in [2.24, 2.45) is 4.99 Å². The van der Waals surface area contributed by atoms with E-state index >= 15 is 0 Å². The lowest BCUT2D eigenvalue weighted by atomic mass is 10.1. The summed E-state index contributed by atoms with van der Waals surface area (Å²) in [6.07, 6.45) is 0. The maximum Gasteiger partial charge on any atom is 0.191 e. The van der Waals surface area contributed by atoms with Crippen molar-refractivity contribution in [1.29, 1.82) is 0 Å². The van der Waals surface area contributed by atoms with Crippen LogP contribution in [0.5, 0.6) is 0 Å². The summed E-state index contributed by atoms with van der Waals surface area (Å²) in [4.78, 5) is 4.67. The molecule has 2 N–H and O–H groups in total. The number of hydrogen-bond acceptors (Lipinski definition) is 1. The molecule has 0 aliphatic heterocycles. The van der Waals surface area contributed by atoms with Crippen LogP contribution in [0.15, 0.2) is 47.5 Å². The van der Waals surface area contributed by atoms with Crippen molar-refractivity contribution in [2.45, 2.75) is 33.4 Å². The van der Waals surface area contributed by atoms with E-state index in [0.29, 0.717) is 12.6 Å². The first-order chi connectivity index (χ1) is 9.70. The average molecular weight is 397 g/mol. The molecule has 0 aliphatic rings. The molecule has 0 atom stereocenters. The van der Waals surface area contributed by atoms with Crippen LogP contribution in [0.2, 0.25) is 0 Å².